The molecule has 0 heterocycles. The zero-order chi connectivity index (χ0) is 22.5. The van der Waals surface area contributed by atoms with Crippen LogP contribution in [-0.4, -0.2) is 36.4 Å². The molecule has 158 valence electrons. The number of carbonyl (C=O) groups is 3. The molecule has 0 spiro atoms. The fourth-order valence-corrected chi connectivity index (χ4v) is 2.60. The molecule has 0 saturated heterocycles. The topological polar surface area (TPSA) is 128 Å². The van der Waals surface area contributed by atoms with Crippen LogP contribution in [0.3, 0.4) is 0 Å². The van der Waals surface area contributed by atoms with Crippen molar-refractivity contribution in [1.29, 1.82) is 0 Å². The number of nitrogens with zero attached hydrogens (tertiary/aromatic N) is 1. The zero-order valence-electron chi connectivity index (χ0n) is 17.1. The first-order chi connectivity index (χ1) is 14.0. The van der Waals surface area contributed by atoms with Gasteiger partial charge in [-0.25, -0.2) is 4.79 Å². The van der Waals surface area contributed by atoms with Crippen LogP contribution < -0.4 is 10.6 Å². The molecule has 9 heteroatoms. The van der Waals surface area contributed by atoms with E-state index in [1.165, 1.54) is 19.2 Å². The predicted molar refractivity (Wildman–Crippen MR) is 111 cm³/mol. The van der Waals surface area contributed by atoms with Gasteiger partial charge in [0.05, 0.1) is 10.5 Å². The van der Waals surface area contributed by atoms with Crippen LogP contribution in [0.15, 0.2) is 42.5 Å². The second kappa shape index (κ2) is 9.17. The Morgan fingerprint density at radius 2 is 1.70 bits per heavy atom. The van der Waals surface area contributed by atoms with Crippen molar-refractivity contribution in [2.75, 3.05) is 19.0 Å². The van der Waals surface area contributed by atoms with Crippen molar-refractivity contribution in [1.82, 2.24) is 5.32 Å². The van der Waals surface area contributed by atoms with Crippen molar-refractivity contribution in [2.45, 2.75) is 26.2 Å². The van der Waals surface area contributed by atoms with Gasteiger partial charge in [0.2, 0.25) is 0 Å². The highest BCUT2D eigenvalue weighted by Gasteiger charge is 2.20. The standard InChI is InChI=1S/C21H23N3O6/c1-21(2,3)14-7-5-13(6-8-14)19(26)23-18(25)12-30-20(27)16-11-15(24(28)29)9-10-17(16)22-4/h5-11,22H,12H2,1-4H3,(H,23,25,26). The number of imide groups is 1. The maximum atomic E-state index is 12.2. The molecule has 0 unspecified atom stereocenters. The lowest BCUT2D eigenvalue weighted by atomic mass is 9.87. The maximum absolute atomic E-state index is 12.2. The van der Waals surface area contributed by atoms with Gasteiger partial charge in [-0.1, -0.05) is 32.9 Å². The van der Waals surface area contributed by atoms with Crippen molar-refractivity contribution >= 4 is 29.2 Å². The number of nitrogens with one attached hydrogen (secondary N) is 2. The zero-order valence-corrected chi connectivity index (χ0v) is 17.1. The SMILES string of the molecule is CNc1ccc([N+](=O)[O-])cc1C(=O)OCC(=O)NC(=O)c1ccc(C(C)(C)C)cc1. The molecule has 9 nitrogen and oxygen atoms in total. The number of rotatable bonds is 6. The smallest absolute Gasteiger partial charge is 0.341 e. The van der Waals surface area contributed by atoms with Gasteiger partial charge in [-0.3, -0.25) is 25.0 Å². The summed E-state index contributed by atoms with van der Waals surface area (Å²) in [5.74, 6) is -2.37. The minimum atomic E-state index is -0.930. The van der Waals surface area contributed by atoms with E-state index in [1.54, 1.807) is 24.3 Å². The molecule has 0 fully saturated rings. The molecule has 0 aliphatic carbocycles. The van der Waals surface area contributed by atoms with Crippen molar-refractivity contribution in [3.8, 4) is 0 Å². The van der Waals surface area contributed by atoms with Crippen molar-refractivity contribution in [3.05, 3.63) is 69.3 Å². The third-order valence-corrected chi connectivity index (χ3v) is 4.30. The van der Waals surface area contributed by atoms with Gasteiger partial charge in [0.15, 0.2) is 6.61 Å². The van der Waals surface area contributed by atoms with Crippen LogP contribution in [0, 0.1) is 10.1 Å². The molecule has 2 aromatic carbocycles. The Labute approximate surface area is 173 Å². The summed E-state index contributed by atoms with van der Waals surface area (Å²) in [6, 6.07) is 10.5. The van der Waals surface area contributed by atoms with Crippen LogP contribution in [0.2, 0.25) is 0 Å². The van der Waals surface area contributed by atoms with E-state index in [9.17, 15) is 24.5 Å². The summed E-state index contributed by atoms with van der Waals surface area (Å²) in [6.07, 6.45) is 0. The number of ether oxygens (including phenoxy) is 1. The van der Waals surface area contributed by atoms with E-state index in [4.69, 9.17) is 4.74 Å². The van der Waals surface area contributed by atoms with E-state index < -0.39 is 29.3 Å². The molecule has 0 atom stereocenters. The number of carbonyl (C=O) groups excluding carboxylic acids is 3. The van der Waals surface area contributed by atoms with Gasteiger partial charge in [0.1, 0.15) is 0 Å². The Hall–Kier alpha value is -3.75. The second-order valence-electron chi connectivity index (χ2n) is 7.52. The average Bonchev–Trinajstić information content (AvgIpc) is 2.70. The largest absolute Gasteiger partial charge is 0.452 e. The van der Waals surface area contributed by atoms with Crippen molar-refractivity contribution in [3.63, 3.8) is 0 Å². The summed E-state index contributed by atoms with van der Waals surface area (Å²) in [6.45, 7) is 5.42. The highest BCUT2D eigenvalue weighted by atomic mass is 16.6. The van der Waals surface area contributed by atoms with E-state index in [-0.39, 0.29) is 16.7 Å². The van der Waals surface area contributed by atoms with Crippen molar-refractivity contribution < 1.29 is 24.0 Å². The van der Waals surface area contributed by atoms with E-state index in [2.05, 4.69) is 10.6 Å². The number of anilines is 1. The molecule has 0 radical (unpaired) electrons. The van der Waals surface area contributed by atoms with Gasteiger partial charge in [0, 0.05) is 30.4 Å². The number of hydrogen-bond donors (Lipinski definition) is 2. The van der Waals surface area contributed by atoms with Gasteiger partial charge in [-0.2, -0.15) is 0 Å². The van der Waals surface area contributed by atoms with Crippen LogP contribution >= 0.6 is 0 Å². The Balaban J connectivity index is 1.99. The van der Waals surface area contributed by atoms with Crippen LogP contribution in [0.5, 0.6) is 0 Å². The Morgan fingerprint density at radius 3 is 2.23 bits per heavy atom. The molecule has 2 N–H and O–H groups in total. The Kier molecular flexibility index (Phi) is 6.89. The van der Waals surface area contributed by atoms with Gasteiger partial charge < -0.3 is 10.1 Å². The molecular weight excluding hydrogens is 390 g/mol. The maximum Gasteiger partial charge on any atom is 0.341 e. The average molecular weight is 413 g/mol. The van der Waals surface area contributed by atoms with Gasteiger partial charge in [-0.15, -0.1) is 0 Å². The lowest BCUT2D eigenvalue weighted by Crippen LogP contribution is -2.34. The van der Waals surface area contributed by atoms with Crippen LogP contribution in [0.25, 0.3) is 0 Å². The highest BCUT2D eigenvalue weighted by molar-refractivity contribution is 6.05. The molecule has 0 saturated carbocycles. The number of nitro groups is 1. The fourth-order valence-electron chi connectivity index (χ4n) is 2.60. The quantitative estimate of drug-likeness (QED) is 0.423. The number of hydrogen-bond acceptors (Lipinski definition) is 7. The molecule has 0 aromatic heterocycles. The second-order valence-corrected chi connectivity index (χ2v) is 7.52. The number of amides is 2. The summed E-state index contributed by atoms with van der Waals surface area (Å²) in [7, 11) is 1.54. The first-order valence-electron chi connectivity index (χ1n) is 9.11. The molecule has 2 rings (SSSR count). The minimum absolute atomic E-state index is 0.0717. The van der Waals surface area contributed by atoms with Gasteiger partial charge >= 0.3 is 5.97 Å². The van der Waals surface area contributed by atoms with E-state index in [0.29, 0.717) is 11.3 Å². The molecule has 0 bridgehead atoms. The van der Waals surface area contributed by atoms with Gasteiger partial charge in [-0.05, 0) is 29.2 Å². The summed E-state index contributed by atoms with van der Waals surface area (Å²) in [4.78, 5) is 46.7. The molecule has 0 aliphatic rings. The first kappa shape index (κ1) is 22.5. The van der Waals surface area contributed by atoms with Crippen LogP contribution in [0.1, 0.15) is 47.1 Å². The molecule has 0 aliphatic heterocycles. The molecule has 2 aromatic rings. The van der Waals surface area contributed by atoms with E-state index >= 15 is 0 Å². The lowest BCUT2D eigenvalue weighted by Gasteiger charge is -2.19. The first-order valence-corrected chi connectivity index (χ1v) is 9.11. The van der Waals surface area contributed by atoms with E-state index in [1.807, 2.05) is 20.8 Å². The summed E-state index contributed by atoms with van der Waals surface area (Å²) in [5.41, 5.74) is 1.18. The Morgan fingerprint density at radius 1 is 1.07 bits per heavy atom. The van der Waals surface area contributed by atoms with E-state index in [0.717, 1.165) is 11.6 Å². The number of esters is 1. The number of nitro benzene ring substituents is 1. The summed E-state index contributed by atoms with van der Waals surface area (Å²) < 4.78 is 4.90. The van der Waals surface area contributed by atoms with Crippen LogP contribution in [0.4, 0.5) is 11.4 Å². The highest BCUT2D eigenvalue weighted by Crippen LogP contribution is 2.23. The van der Waals surface area contributed by atoms with Crippen LogP contribution in [-0.2, 0) is 14.9 Å². The van der Waals surface area contributed by atoms with Gasteiger partial charge in [0.25, 0.3) is 17.5 Å². The number of benzene rings is 2. The predicted octanol–water partition coefficient (Wildman–Crippen LogP) is 3.05. The Bertz CT molecular complexity index is 977. The summed E-state index contributed by atoms with van der Waals surface area (Å²) >= 11 is 0. The molecular formula is C21H23N3O6. The van der Waals surface area contributed by atoms with Crippen molar-refractivity contribution in [2.24, 2.45) is 0 Å². The third-order valence-electron chi connectivity index (χ3n) is 4.30. The normalized spacial score (nSPS) is 10.8. The fraction of sp³-hybridized carbons (Fsp3) is 0.286. The third kappa shape index (κ3) is 5.63. The summed E-state index contributed by atoms with van der Waals surface area (Å²) in [5, 5.41) is 15.8. The monoisotopic (exact) mass is 413 g/mol. The molecule has 30 heavy (non-hydrogen) atoms. The number of non-ortho nitro benzene ring substituents is 1. The molecule has 2 amide bonds. The lowest BCUT2D eigenvalue weighted by molar-refractivity contribution is -0.384. The minimum Gasteiger partial charge on any atom is -0.452 e.